The van der Waals surface area contributed by atoms with E-state index in [-0.39, 0.29) is 0 Å². The molecule has 3 nitrogen and oxygen atoms in total. The zero-order valence-electron chi connectivity index (χ0n) is 11.0. The number of aryl methyl sites for hydroxylation is 1. The van der Waals surface area contributed by atoms with Crippen molar-refractivity contribution in [3.05, 3.63) is 60.0 Å². The molecule has 0 N–H and O–H groups in total. The highest BCUT2D eigenvalue weighted by atomic mass is 35.5. The summed E-state index contributed by atoms with van der Waals surface area (Å²) >= 11 is 5.91. The van der Waals surface area contributed by atoms with E-state index in [0.29, 0.717) is 5.88 Å². The summed E-state index contributed by atoms with van der Waals surface area (Å²) < 4.78 is 5.92. The van der Waals surface area contributed by atoms with Crippen molar-refractivity contribution in [2.75, 3.05) is 0 Å². The maximum absolute atomic E-state index is 5.92. The summed E-state index contributed by atoms with van der Waals surface area (Å²) in [5, 5.41) is 1.09. The lowest BCUT2D eigenvalue weighted by Crippen LogP contribution is -1.93. The van der Waals surface area contributed by atoms with Gasteiger partial charge in [-0.15, -0.1) is 11.6 Å². The number of halogens is 1. The number of pyridine rings is 2. The lowest BCUT2D eigenvalue weighted by atomic mass is 10.2. The van der Waals surface area contributed by atoms with Crippen LogP contribution in [-0.4, -0.2) is 9.97 Å². The molecule has 3 aromatic rings. The summed E-state index contributed by atoms with van der Waals surface area (Å²) in [6, 6.07) is 11.7. The summed E-state index contributed by atoms with van der Waals surface area (Å²) in [6.07, 6.45) is 3.52. The second kappa shape index (κ2) is 5.47. The van der Waals surface area contributed by atoms with Crippen LogP contribution in [0.4, 0.5) is 0 Å². The van der Waals surface area contributed by atoms with Gasteiger partial charge in [0.15, 0.2) is 0 Å². The van der Waals surface area contributed by atoms with Crippen LogP contribution in [-0.2, 0) is 5.88 Å². The van der Waals surface area contributed by atoms with Crippen LogP contribution in [0.5, 0.6) is 11.5 Å². The molecule has 0 amide bonds. The molecule has 0 atom stereocenters. The first-order valence-corrected chi connectivity index (χ1v) is 6.84. The highest BCUT2D eigenvalue weighted by Crippen LogP contribution is 2.28. The molecule has 0 aliphatic rings. The summed E-state index contributed by atoms with van der Waals surface area (Å²) in [5.74, 6) is 1.85. The third kappa shape index (κ3) is 2.58. The first-order valence-electron chi connectivity index (χ1n) is 6.30. The zero-order chi connectivity index (χ0) is 13.9. The van der Waals surface area contributed by atoms with Crippen molar-refractivity contribution in [3.8, 4) is 11.5 Å². The second-order valence-electron chi connectivity index (χ2n) is 4.53. The number of rotatable bonds is 3. The van der Waals surface area contributed by atoms with E-state index < -0.39 is 0 Å². The van der Waals surface area contributed by atoms with Crippen molar-refractivity contribution >= 4 is 22.5 Å². The standard InChI is InChI=1S/C16H13ClN2O/c1-11-7-16(13(9-17)10-19-11)20-14-5-4-12-3-2-6-18-15(12)8-14/h2-8,10H,9H2,1H3. The van der Waals surface area contributed by atoms with Gasteiger partial charge in [-0.05, 0) is 25.1 Å². The second-order valence-corrected chi connectivity index (χ2v) is 4.79. The fourth-order valence-electron chi connectivity index (χ4n) is 2.00. The van der Waals surface area contributed by atoms with Gasteiger partial charge in [-0.25, -0.2) is 0 Å². The van der Waals surface area contributed by atoms with Gasteiger partial charge in [-0.2, -0.15) is 0 Å². The summed E-state index contributed by atoms with van der Waals surface area (Å²) in [4.78, 5) is 8.55. The maximum Gasteiger partial charge on any atom is 0.135 e. The van der Waals surface area contributed by atoms with Crippen molar-refractivity contribution in [2.45, 2.75) is 12.8 Å². The molecule has 0 unspecified atom stereocenters. The van der Waals surface area contributed by atoms with E-state index in [9.17, 15) is 0 Å². The van der Waals surface area contributed by atoms with Crippen LogP contribution in [0.3, 0.4) is 0 Å². The van der Waals surface area contributed by atoms with Gasteiger partial charge >= 0.3 is 0 Å². The first-order chi connectivity index (χ1) is 9.76. The molecule has 0 saturated heterocycles. The Hall–Kier alpha value is -2.13. The van der Waals surface area contributed by atoms with Gasteiger partial charge in [0, 0.05) is 41.2 Å². The van der Waals surface area contributed by atoms with E-state index in [1.165, 1.54) is 0 Å². The number of aromatic nitrogens is 2. The number of alkyl halides is 1. The summed E-state index contributed by atoms with van der Waals surface area (Å²) in [6.45, 7) is 1.92. The predicted molar refractivity (Wildman–Crippen MR) is 80.3 cm³/mol. The zero-order valence-corrected chi connectivity index (χ0v) is 11.8. The van der Waals surface area contributed by atoms with Crippen molar-refractivity contribution in [1.82, 2.24) is 9.97 Å². The van der Waals surface area contributed by atoms with Crippen LogP contribution in [0.15, 0.2) is 48.8 Å². The van der Waals surface area contributed by atoms with Crippen LogP contribution in [0, 0.1) is 6.92 Å². The van der Waals surface area contributed by atoms with Gasteiger partial charge < -0.3 is 4.74 Å². The molecule has 0 radical (unpaired) electrons. The molecule has 0 bridgehead atoms. The molecular weight excluding hydrogens is 272 g/mol. The van der Waals surface area contributed by atoms with Crippen LogP contribution in [0.25, 0.3) is 10.9 Å². The van der Waals surface area contributed by atoms with E-state index in [1.807, 2.05) is 43.3 Å². The van der Waals surface area contributed by atoms with Crippen LogP contribution in [0.1, 0.15) is 11.3 Å². The third-order valence-corrected chi connectivity index (χ3v) is 3.32. The Morgan fingerprint density at radius 2 is 2.05 bits per heavy atom. The number of fused-ring (bicyclic) bond motifs is 1. The van der Waals surface area contributed by atoms with Crippen molar-refractivity contribution in [3.63, 3.8) is 0 Å². The Morgan fingerprint density at radius 3 is 2.90 bits per heavy atom. The number of benzene rings is 1. The van der Waals surface area contributed by atoms with E-state index in [2.05, 4.69) is 9.97 Å². The molecule has 0 spiro atoms. The fraction of sp³-hybridized carbons (Fsp3) is 0.125. The Kier molecular flexibility index (Phi) is 3.52. The average molecular weight is 285 g/mol. The molecule has 0 aliphatic carbocycles. The lowest BCUT2D eigenvalue weighted by Gasteiger charge is -2.10. The quantitative estimate of drug-likeness (QED) is 0.666. The fourth-order valence-corrected chi connectivity index (χ4v) is 2.20. The monoisotopic (exact) mass is 284 g/mol. The van der Waals surface area contributed by atoms with Gasteiger partial charge in [0.05, 0.1) is 11.4 Å². The molecule has 100 valence electrons. The van der Waals surface area contributed by atoms with Gasteiger partial charge in [0.25, 0.3) is 0 Å². The summed E-state index contributed by atoms with van der Waals surface area (Å²) in [7, 11) is 0. The molecule has 20 heavy (non-hydrogen) atoms. The highest BCUT2D eigenvalue weighted by Gasteiger charge is 2.06. The Morgan fingerprint density at radius 1 is 1.15 bits per heavy atom. The number of hydrogen-bond donors (Lipinski definition) is 0. The van der Waals surface area contributed by atoms with Gasteiger partial charge in [0.1, 0.15) is 11.5 Å². The average Bonchev–Trinajstić information content (AvgIpc) is 2.47. The van der Waals surface area contributed by atoms with Crippen LogP contribution in [0.2, 0.25) is 0 Å². The minimum Gasteiger partial charge on any atom is -0.457 e. The smallest absolute Gasteiger partial charge is 0.135 e. The molecule has 0 saturated carbocycles. The van der Waals surface area contributed by atoms with E-state index >= 15 is 0 Å². The topological polar surface area (TPSA) is 35.0 Å². The minimum atomic E-state index is 0.369. The van der Waals surface area contributed by atoms with Gasteiger partial charge in [-0.1, -0.05) is 6.07 Å². The largest absolute Gasteiger partial charge is 0.457 e. The Labute approximate surface area is 122 Å². The van der Waals surface area contributed by atoms with E-state index in [0.717, 1.165) is 33.7 Å². The lowest BCUT2D eigenvalue weighted by molar-refractivity contribution is 0.477. The molecule has 0 aliphatic heterocycles. The SMILES string of the molecule is Cc1cc(Oc2ccc3cccnc3c2)c(CCl)cn1. The normalized spacial score (nSPS) is 10.7. The number of ether oxygens (including phenoxy) is 1. The van der Waals surface area contributed by atoms with Gasteiger partial charge in [0.2, 0.25) is 0 Å². The minimum absolute atomic E-state index is 0.369. The van der Waals surface area contributed by atoms with Gasteiger partial charge in [-0.3, -0.25) is 9.97 Å². The maximum atomic E-state index is 5.92. The van der Waals surface area contributed by atoms with Crippen molar-refractivity contribution in [2.24, 2.45) is 0 Å². The third-order valence-electron chi connectivity index (χ3n) is 3.03. The van der Waals surface area contributed by atoms with E-state index in [4.69, 9.17) is 16.3 Å². The summed E-state index contributed by atoms with van der Waals surface area (Å²) in [5.41, 5.74) is 2.68. The molecule has 4 heteroatoms. The Bertz CT molecular complexity index is 758. The first kappa shape index (κ1) is 12.9. The molecule has 1 aromatic carbocycles. The molecule has 0 fully saturated rings. The number of nitrogens with zero attached hydrogens (tertiary/aromatic N) is 2. The van der Waals surface area contributed by atoms with Crippen LogP contribution >= 0.6 is 11.6 Å². The molecule has 2 heterocycles. The van der Waals surface area contributed by atoms with Crippen LogP contribution < -0.4 is 4.74 Å². The molecule has 2 aromatic heterocycles. The Balaban J connectivity index is 1.98. The number of hydrogen-bond acceptors (Lipinski definition) is 3. The van der Waals surface area contributed by atoms with E-state index in [1.54, 1.807) is 12.4 Å². The van der Waals surface area contributed by atoms with Crippen molar-refractivity contribution < 1.29 is 4.74 Å². The highest BCUT2D eigenvalue weighted by molar-refractivity contribution is 6.17. The molecule has 3 rings (SSSR count). The predicted octanol–water partition coefficient (Wildman–Crippen LogP) is 4.47. The molecular formula is C16H13ClN2O. The van der Waals surface area contributed by atoms with Crippen molar-refractivity contribution in [1.29, 1.82) is 0 Å².